The highest BCUT2D eigenvalue weighted by Crippen LogP contribution is 2.16. The lowest BCUT2D eigenvalue weighted by molar-refractivity contribution is 0.392. The number of nitrogens with zero attached hydrogens (tertiary/aromatic N) is 3. The van der Waals surface area contributed by atoms with Crippen LogP contribution < -0.4 is 5.32 Å². The average Bonchev–Trinajstić information content (AvgIpc) is 3.09. The van der Waals surface area contributed by atoms with Crippen molar-refractivity contribution in [1.29, 1.82) is 0 Å². The Labute approximate surface area is 123 Å². The van der Waals surface area contributed by atoms with E-state index in [-0.39, 0.29) is 0 Å². The van der Waals surface area contributed by atoms with Gasteiger partial charge in [0.15, 0.2) is 0 Å². The highest BCUT2D eigenvalue weighted by Gasteiger charge is 2.08. The summed E-state index contributed by atoms with van der Waals surface area (Å²) in [6.07, 6.45) is 3.75. The fraction of sp³-hybridized carbons (Fsp3) is 0.250. The van der Waals surface area contributed by atoms with Crippen molar-refractivity contribution in [3.05, 3.63) is 65.3 Å². The van der Waals surface area contributed by atoms with Crippen molar-refractivity contribution in [3.63, 3.8) is 0 Å². The summed E-state index contributed by atoms with van der Waals surface area (Å²) in [5.41, 5.74) is 4.35. The van der Waals surface area contributed by atoms with Crippen LogP contribution in [0.4, 0.5) is 5.69 Å². The summed E-state index contributed by atoms with van der Waals surface area (Å²) < 4.78 is 7.09. The molecule has 0 radical (unpaired) electrons. The zero-order valence-electron chi connectivity index (χ0n) is 12.2. The topological polar surface area (TPSA) is 55.9 Å². The molecule has 3 aromatic rings. The molecule has 5 nitrogen and oxygen atoms in total. The van der Waals surface area contributed by atoms with Gasteiger partial charge in [-0.05, 0) is 37.6 Å². The molecule has 0 fully saturated rings. The van der Waals surface area contributed by atoms with E-state index < -0.39 is 0 Å². The quantitative estimate of drug-likeness (QED) is 0.781. The number of anilines is 1. The summed E-state index contributed by atoms with van der Waals surface area (Å²) in [6.45, 7) is 5.38. The third kappa shape index (κ3) is 3.13. The summed E-state index contributed by atoms with van der Waals surface area (Å²) >= 11 is 0. The van der Waals surface area contributed by atoms with Crippen LogP contribution in [0, 0.1) is 13.8 Å². The van der Waals surface area contributed by atoms with Gasteiger partial charge in [0.05, 0.1) is 12.2 Å². The van der Waals surface area contributed by atoms with Crippen LogP contribution in [0.25, 0.3) is 0 Å². The Morgan fingerprint density at radius 2 is 2.14 bits per heavy atom. The van der Waals surface area contributed by atoms with E-state index in [9.17, 15) is 0 Å². The second-order valence-corrected chi connectivity index (χ2v) is 5.06. The van der Waals surface area contributed by atoms with Crippen molar-refractivity contribution in [1.82, 2.24) is 14.9 Å². The normalized spacial score (nSPS) is 10.8. The molecule has 5 heteroatoms. The molecule has 0 unspecified atom stereocenters. The van der Waals surface area contributed by atoms with Gasteiger partial charge < -0.3 is 9.84 Å². The third-order valence-corrected chi connectivity index (χ3v) is 3.48. The second-order valence-electron chi connectivity index (χ2n) is 5.06. The minimum atomic E-state index is 0.715. The molecule has 0 saturated heterocycles. The fourth-order valence-electron chi connectivity index (χ4n) is 2.31. The van der Waals surface area contributed by atoms with E-state index in [0.717, 1.165) is 29.2 Å². The van der Waals surface area contributed by atoms with Gasteiger partial charge in [0, 0.05) is 30.2 Å². The Hall–Kier alpha value is -2.56. The summed E-state index contributed by atoms with van der Waals surface area (Å²) in [5.74, 6) is 0.868. The van der Waals surface area contributed by atoms with E-state index >= 15 is 0 Å². The van der Waals surface area contributed by atoms with Crippen LogP contribution >= 0.6 is 0 Å². The molecule has 0 bridgehead atoms. The van der Waals surface area contributed by atoms with E-state index in [0.29, 0.717) is 6.54 Å². The monoisotopic (exact) mass is 282 g/mol. The Morgan fingerprint density at radius 1 is 1.24 bits per heavy atom. The first-order chi connectivity index (χ1) is 10.2. The van der Waals surface area contributed by atoms with Gasteiger partial charge in [0.25, 0.3) is 0 Å². The Kier molecular flexibility index (Phi) is 3.73. The van der Waals surface area contributed by atoms with Gasteiger partial charge in [-0.15, -0.1) is 0 Å². The maximum atomic E-state index is 5.18. The third-order valence-electron chi connectivity index (χ3n) is 3.48. The van der Waals surface area contributed by atoms with Gasteiger partial charge in [-0.1, -0.05) is 17.3 Å². The molecule has 2 heterocycles. The predicted octanol–water partition coefficient (Wildman–Crippen LogP) is 3.15. The van der Waals surface area contributed by atoms with Gasteiger partial charge in [0.1, 0.15) is 5.76 Å². The van der Waals surface area contributed by atoms with E-state index in [4.69, 9.17) is 4.52 Å². The first-order valence-corrected chi connectivity index (χ1v) is 6.94. The van der Waals surface area contributed by atoms with E-state index in [1.807, 2.05) is 30.8 Å². The number of rotatable bonds is 5. The smallest absolute Gasteiger partial charge is 0.138 e. The zero-order chi connectivity index (χ0) is 14.7. The predicted molar refractivity (Wildman–Crippen MR) is 81.1 cm³/mol. The van der Waals surface area contributed by atoms with E-state index in [1.165, 1.54) is 5.56 Å². The molecule has 1 N–H and O–H groups in total. The van der Waals surface area contributed by atoms with Crippen LogP contribution in [-0.4, -0.2) is 14.9 Å². The zero-order valence-corrected chi connectivity index (χ0v) is 12.2. The minimum Gasteiger partial charge on any atom is -0.381 e. The highest BCUT2D eigenvalue weighted by molar-refractivity contribution is 5.46. The average molecular weight is 282 g/mol. The van der Waals surface area contributed by atoms with Crippen molar-refractivity contribution in [2.45, 2.75) is 26.9 Å². The van der Waals surface area contributed by atoms with Crippen LogP contribution in [0.5, 0.6) is 0 Å². The molecule has 2 aromatic heterocycles. The molecule has 0 aliphatic heterocycles. The second kappa shape index (κ2) is 5.83. The Balaban J connectivity index is 1.69. The molecule has 0 aliphatic rings. The van der Waals surface area contributed by atoms with Crippen molar-refractivity contribution >= 4 is 5.69 Å². The van der Waals surface area contributed by atoms with Crippen LogP contribution in [0.2, 0.25) is 0 Å². The van der Waals surface area contributed by atoms with Gasteiger partial charge in [-0.3, -0.25) is 4.68 Å². The van der Waals surface area contributed by atoms with Crippen LogP contribution in [0.1, 0.15) is 22.6 Å². The standard InChI is InChI=1S/C16H18N4O/c1-12-16(13(2)21-19-12)10-17-15-6-3-5-14(9-15)11-20-8-4-7-18-20/h3-9,17H,10-11H2,1-2H3. The van der Waals surface area contributed by atoms with Crippen LogP contribution in [0.15, 0.2) is 47.2 Å². The van der Waals surface area contributed by atoms with Crippen LogP contribution in [0.3, 0.4) is 0 Å². The van der Waals surface area contributed by atoms with E-state index in [2.05, 4.69) is 39.8 Å². The molecular formula is C16H18N4O. The molecule has 21 heavy (non-hydrogen) atoms. The lowest BCUT2D eigenvalue weighted by Gasteiger charge is -2.08. The maximum Gasteiger partial charge on any atom is 0.138 e. The number of aryl methyl sites for hydroxylation is 2. The molecule has 0 aliphatic carbocycles. The minimum absolute atomic E-state index is 0.715. The van der Waals surface area contributed by atoms with Gasteiger partial charge in [-0.2, -0.15) is 5.10 Å². The van der Waals surface area contributed by atoms with Crippen molar-refractivity contribution < 1.29 is 4.52 Å². The number of nitrogens with one attached hydrogen (secondary N) is 1. The number of aromatic nitrogens is 3. The SMILES string of the molecule is Cc1noc(C)c1CNc1cccc(Cn2cccn2)c1. The molecule has 108 valence electrons. The summed E-state index contributed by atoms with van der Waals surface area (Å²) in [4.78, 5) is 0. The number of hydrogen-bond acceptors (Lipinski definition) is 4. The number of hydrogen-bond donors (Lipinski definition) is 1. The lowest BCUT2D eigenvalue weighted by Crippen LogP contribution is -2.03. The maximum absolute atomic E-state index is 5.18. The Bertz CT molecular complexity index is 696. The van der Waals surface area contributed by atoms with Gasteiger partial charge in [-0.25, -0.2) is 0 Å². The number of benzene rings is 1. The molecule has 0 amide bonds. The van der Waals surface area contributed by atoms with E-state index in [1.54, 1.807) is 6.20 Å². The molecule has 1 aromatic carbocycles. The summed E-state index contributed by atoms with van der Waals surface area (Å²) in [7, 11) is 0. The van der Waals surface area contributed by atoms with Crippen molar-refractivity contribution in [2.75, 3.05) is 5.32 Å². The van der Waals surface area contributed by atoms with Gasteiger partial charge >= 0.3 is 0 Å². The molecule has 0 atom stereocenters. The lowest BCUT2D eigenvalue weighted by atomic mass is 10.1. The van der Waals surface area contributed by atoms with Crippen LogP contribution in [-0.2, 0) is 13.1 Å². The summed E-state index contributed by atoms with van der Waals surface area (Å²) in [6, 6.07) is 10.3. The molecule has 0 spiro atoms. The highest BCUT2D eigenvalue weighted by atomic mass is 16.5. The summed E-state index contributed by atoms with van der Waals surface area (Å²) in [5, 5.41) is 11.6. The largest absolute Gasteiger partial charge is 0.381 e. The fourth-order valence-corrected chi connectivity index (χ4v) is 2.31. The van der Waals surface area contributed by atoms with Gasteiger partial charge in [0.2, 0.25) is 0 Å². The molecule has 3 rings (SSSR count). The first-order valence-electron chi connectivity index (χ1n) is 6.94. The molecule has 0 saturated carbocycles. The van der Waals surface area contributed by atoms with Crippen molar-refractivity contribution in [2.24, 2.45) is 0 Å². The first kappa shape index (κ1) is 13.4. The Morgan fingerprint density at radius 3 is 2.86 bits per heavy atom. The van der Waals surface area contributed by atoms with Crippen molar-refractivity contribution in [3.8, 4) is 0 Å². The molecular weight excluding hydrogens is 264 g/mol.